The molecule has 2 rings (SSSR count). The first-order valence-corrected chi connectivity index (χ1v) is 13.4. The molecule has 0 heterocycles. The summed E-state index contributed by atoms with van der Waals surface area (Å²) < 4.78 is 31.0. The molecule has 10 heteroatoms. The van der Waals surface area contributed by atoms with Crippen molar-refractivity contribution < 1.29 is 47.6 Å². The zero-order chi connectivity index (χ0) is 30.6. The SMILES string of the molecule is C=CC(=O)OCCCCCCOc1ccc(OC(=O)/C=C/c2ccc(OCCOC(=O)C(=C)CC(=O)OC)cc2)cc1. The van der Waals surface area contributed by atoms with Gasteiger partial charge in [0.2, 0.25) is 0 Å². The number of carbonyl (C=O) groups is 4. The van der Waals surface area contributed by atoms with Gasteiger partial charge in [-0.25, -0.2) is 14.4 Å². The van der Waals surface area contributed by atoms with Gasteiger partial charge >= 0.3 is 23.9 Å². The zero-order valence-corrected chi connectivity index (χ0v) is 23.7. The summed E-state index contributed by atoms with van der Waals surface area (Å²) in [5.74, 6) is -0.574. The van der Waals surface area contributed by atoms with Crippen molar-refractivity contribution in [3.05, 3.63) is 85.0 Å². The van der Waals surface area contributed by atoms with Crippen LogP contribution < -0.4 is 14.2 Å². The molecule has 0 unspecified atom stereocenters. The van der Waals surface area contributed by atoms with Crippen LogP contribution in [0.25, 0.3) is 6.08 Å². The molecule has 0 saturated carbocycles. The molecular weight excluding hydrogens is 544 g/mol. The lowest BCUT2D eigenvalue weighted by Gasteiger charge is -2.08. The molecular formula is C32H36O10. The van der Waals surface area contributed by atoms with E-state index in [2.05, 4.69) is 17.9 Å². The van der Waals surface area contributed by atoms with E-state index in [0.717, 1.165) is 37.3 Å². The average molecular weight is 581 g/mol. The van der Waals surface area contributed by atoms with Crippen LogP contribution in [0.4, 0.5) is 0 Å². The van der Waals surface area contributed by atoms with E-state index in [0.29, 0.717) is 30.5 Å². The van der Waals surface area contributed by atoms with Gasteiger partial charge < -0.3 is 28.4 Å². The van der Waals surface area contributed by atoms with Crippen molar-refractivity contribution in [2.45, 2.75) is 32.1 Å². The van der Waals surface area contributed by atoms with E-state index >= 15 is 0 Å². The molecule has 0 aromatic heterocycles. The fourth-order valence-corrected chi connectivity index (χ4v) is 3.29. The first-order valence-electron chi connectivity index (χ1n) is 13.4. The predicted octanol–water partition coefficient (Wildman–Crippen LogP) is 5.02. The molecule has 0 aliphatic heterocycles. The molecule has 0 bridgehead atoms. The van der Waals surface area contributed by atoms with E-state index in [4.69, 9.17) is 23.7 Å². The molecule has 0 N–H and O–H groups in total. The molecule has 2 aromatic rings. The summed E-state index contributed by atoms with van der Waals surface area (Å²) in [7, 11) is 1.22. The monoisotopic (exact) mass is 580 g/mol. The third kappa shape index (κ3) is 14.0. The molecule has 0 fully saturated rings. The predicted molar refractivity (Wildman–Crippen MR) is 155 cm³/mol. The van der Waals surface area contributed by atoms with Crippen molar-refractivity contribution in [1.82, 2.24) is 0 Å². The Morgan fingerprint density at radius 1 is 0.714 bits per heavy atom. The van der Waals surface area contributed by atoms with Gasteiger partial charge in [0.05, 0.1) is 26.7 Å². The summed E-state index contributed by atoms with van der Waals surface area (Å²) in [5.41, 5.74) is 0.760. The van der Waals surface area contributed by atoms with Crippen LogP contribution in [0.3, 0.4) is 0 Å². The maximum absolute atomic E-state index is 12.2. The van der Waals surface area contributed by atoms with Gasteiger partial charge in [0.15, 0.2) is 0 Å². The summed E-state index contributed by atoms with van der Waals surface area (Å²) in [6, 6.07) is 13.7. The summed E-state index contributed by atoms with van der Waals surface area (Å²) in [4.78, 5) is 46.1. The van der Waals surface area contributed by atoms with E-state index in [9.17, 15) is 19.2 Å². The Morgan fingerprint density at radius 2 is 1.31 bits per heavy atom. The van der Waals surface area contributed by atoms with Crippen LogP contribution in [0.1, 0.15) is 37.7 Å². The number of hydrogen-bond donors (Lipinski definition) is 0. The van der Waals surface area contributed by atoms with Crippen molar-refractivity contribution >= 4 is 30.0 Å². The zero-order valence-electron chi connectivity index (χ0n) is 23.7. The molecule has 2 aromatic carbocycles. The summed E-state index contributed by atoms with van der Waals surface area (Å²) in [6.07, 6.45) is 7.41. The first-order chi connectivity index (χ1) is 20.3. The lowest BCUT2D eigenvalue weighted by Crippen LogP contribution is -2.15. The van der Waals surface area contributed by atoms with Gasteiger partial charge in [-0.2, -0.15) is 0 Å². The standard InChI is InChI=1S/C32H36O10/c1-4-29(33)40-20-8-6-5-7-19-38-27-14-16-28(17-15-27)42-30(34)18-11-25-9-12-26(13-10-25)39-21-22-41-32(36)24(2)23-31(35)37-3/h4,9-18H,1-2,5-8,19-23H2,3H3/b18-11+. The average Bonchev–Trinajstić information content (AvgIpc) is 3.00. The summed E-state index contributed by atoms with van der Waals surface area (Å²) in [6.45, 7) is 7.89. The van der Waals surface area contributed by atoms with E-state index < -0.39 is 23.9 Å². The number of hydrogen-bond acceptors (Lipinski definition) is 10. The quantitative estimate of drug-likeness (QED) is 0.0736. The Labute approximate surface area is 245 Å². The van der Waals surface area contributed by atoms with Gasteiger partial charge in [0.1, 0.15) is 30.5 Å². The molecule has 0 spiro atoms. The lowest BCUT2D eigenvalue weighted by atomic mass is 10.2. The number of unbranched alkanes of at least 4 members (excludes halogenated alkanes) is 3. The van der Waals surface area contributed by atoms with Crippen LogP contribution >= 0.6 is 0 Å². The first kappa shape index (κ1) is 33.3. The van der Waals surface area contributed by atoms with Crippen LogP contribution in [0, 0.1) is 0 Å². The van der Waals surface area contributed by atoms with Crippen LogP contribution in [-0.2, 0) is 33.4 Å². The van der Waals surface area contributed by atoms with Crippen molar-refractivity contribution in [3.8, 4) is 17.2 Å². The van der Waals surface area contributed by atoms with Gasteiger partial charge in [-0.1, -0.05) is 25.3 Å². The van der Waals surface area contributed by atoms with Crippen LogP contribution in [-0.4, -0.2) is 57.4 Å². The minimum absolute atomic E-state index is 0.00382. The largest absolute Gasteiger partial charge is 0.494 e. The Hall–Kier alpha value is -4.86. The summed E-state index contributed by atoms with van der Waals surface area (Å²) >= 11 is 0. The molecule has 42 heavy (non-hydrogen) atoms. The lowest BCUT2D eigenvalue weighted by molar-refractivity contribution is -0.144. The van der Waals surface area contributed by atoms with Crippen molar-refractivity contribution in [2.75, 3.05) is 33.5 Å². The molecule has 224 valence electrons. The van der Waals surface area contributed by atoms with Crippen LogP contribution in [0.5, 0.6) is 17.2 Å². The number of benzene rings is 2. The Bertz CT molecular complexity index is 1210. The van der Waals surface area contributed by atoms with Crippen molar-refractivity contribution in [3.63, 3.8) is 0 Å². The van der Waals surface area contributed by atoms with Gasteiger partial charge in [-0.3, -0.25) is 4.79 Å². The molecule has 0 radical (unpaired) electrons. The van der Waals surface area contributed by atoms with Crippen LogP contribution in [0.2, 0.25) is 0 Å². The van der Waals surface area contributed by atoms with E-state index in [1.54, 1.807) is 54.6 Å². The Balaban J connectivity index is 1.63. The molecule has 0 aliphatic rings. The normalized spacial score (nSPS) is 10.4. The highest BCUT2D eigenvalue weighted by Gasteiger charge is 2.13. The fraction of sp³-hybridized carbons (Fsp3) is 0.312. The second kappa shape index (κ2) is 19.3. The molecule has 0 amide bonds. The highest BCUT2D eigenvalue weighted by Crippen LogP contribution is 2.19. The Kier molecular flexibility index (Phi) is 15.3. The fourth-order valence-electron chi connectivity index (χ4n) is 3.29. The molecule has 0 atom stereocenters. The second-order valence-corrected chi connectivity index (χ2v) is 8.77. The minimum Gasteiger partial charge on any atom is -0.494 e. The van der Waals surface area contributed by atoms with E-state index in [1.165, 1.54) is 13.2 Å². The van der Waals surface area contributed by atoms with Crippen molar-refractivity contribution in [2.24, 2.45) is 0 Å². The molecule has 0 aliphatic carbocycles. The minimum atomic E-state index is -0.689. The molecule has 10 nitrogen and oxygen atoms in total. The highest BCUT2D eigenvalue weighted by molar-refractivity contribution is 5.93. The van der Waals surface area contributed by atoms with Gasteiger partial charge in [-0.05, 0) is 73.7 Å². The van der Waals surface area contributed by atoms with E-state index in [-0.39, 0.29) is 25.2 Å². The number of esters is 4. The third-order valence-electron chi connectivity index (χ3n) is 5.51. The van der Waals surface area contributed by atoms with Gasteiger partial charge in [0, 0.05) is 17.7 Å². The topological polar surface area (TPSA) is 124 Å². The Morgan fingerprint density at radius 3 is 1.95 bits per heavy atom. The number of methoxy groups -OCH3 is 1. The number of ether oxygens (including phenoxy) is 6. The third-order valence-corrected chi connectivity index (χ3v) is 5.51. The second-order valence-electron chi connectivity index (χ2n) is 8.77. The maximum Gasteiger partial charge on any atom is 0.336 e. The van der Waals surface area contributed by atoms with Gasteiger partial charge in [0.25, 0.3) is 0 Å². The maximum atomic E-state index is 12.2. The summed E-state index contributed by atoms with van der Waals surface area (Å²) in [5, 5.41) is 0. The van der Waals surface area contributed by atoms with E-state index in [1.807, 2.05) is 0 Å². The van der Waals surface area contributed by atoms with Crippen LogP contribution in [0.15, 0.2) is 79.4 Å². The van der Waals surface area contributed by atoms with Crippen molar-refractivity contribution in [1.29, 1.82) is 0 Å². The van der Waals surface area contributed by atoms with Gasteiger partial charge in [-0.15, -0.1) is 0 Å². The number of carbonyl (C=O) groups excluding carboxylic acids is 4. The molecule has 0 saturated heterocycles. The smallest absolute Gasteiger partial charge is 0.336 e. The highest BCUT2D eigenvalue weighted by atomic mass is 16.6. The number of rotatable bonds is 19.